The van der Waals surface area contributed by atoms with E-state index in [0.717, 1.165) is 25.3 Å². The molecule has 0 saturated carbocycles. The zero-order valence-electron chi connectivity index (χ0n) is 18.3. The van der Waals surface area contributed by atoms with Gasteiger partial charge in [0.2, 0.25) is 15.9 Å². The molecule has 0 spiro atoms. The summed E-state index contributed by atoms with van der Waals surface area (Å²) in [6.07, 6.45) is 2.54. The fourth-order valence-electron chi connectivity index (χ4n) is 4.16. The highest BCUT2D eigenvalue weighted by atomic mass is 32.2. The van der Waals surface area contributed by atoms with E-state index in [1.54, 1.807) is 13.0 Å². The number of nitro groups is 1. The maximum atomic E-state index is 13.1. The molecule has 2 heterocycles. The Bertz CT molecular complexity index is 1320. The minimum Gasteiger partial charge on any atom is -0.324 e. The second-order valence-electron chi connectivity index (χ2n) is 8.15. The fraction of sp³-hybridized carbons (Fsp3) is 0.318. The van der Waals surface area contributed by atoms with Gasteiger partial charge in [0.15, 0.2) is 0 Å². The first-order chi connectivity index (χ1) is 16.1. The Hall–Kier alpha value is -3.64. The number of anilines is 1. The van der Waals surface area contributed by atoms with Crippen LogP contribution >= 0.6 is 0 Å². The summed E-state index contributed by atoms with van der Waals surface area (Å²) in [6.45, 7) is 1.86. The molecular weight excluding hydrogens is 464 g/mol. The number of nitrogens with one attached hydrogen (secondary N) is 1. The molecule has 2 aliphatic heterocycles. The predicted octanol–water partition coefficient (Wildman–Crippen LogP) is 2.31. The number of amides is 3. The molecule has 2 aromatic rings. The van der Waals surface area contributed by atoms with Crippen molar-refractivity contribution in [1.29, 1.82) is 0 Å². The standard InChI is InChI=1S/C22H22N4O7S/c1-14-8-9-15(12-18(14)34(32,33)24-10-3-2-4-11-24)23-19(27)13-25-21(28)16-6-5-7-17(26(30)31)20(16)22(25)29/h5-9,12H,2-4,10-11,13H2,1H3,(H,23,27). The number of nitrogens with zero attached hydrogens (tertiary/aromatic N) is 3. The van der Waals surface area contributed by atoms with Crippen LogP contribution in [-0.2, 0) is 14.8 Å². The monoisotopic (exact) mass is 486 g/mol. The molecule has 11 nitrogen and oxygen atoms in total. The predicted molar refractivity (Wildman–Crippen MR) is 121 cm³/mol. The molecule has 0 aliphatic carbocycles. The van der Waals surface area contributed by atoms with Crippen molar-refractivity contribution in [2.45, 2.75) is 31.1 Å². The number of aryl methyl sites for hydroxylation is 1. The molecule has 2 aromatic carbocycles. The lowest BCUT2D eigenvalue weighted by Crippen LogP contribution is -2.37. The number of fused-ring (bicyclic) bond motifs is 1. The molecule has 3 amide bonds. The van der Waals surface area contributed by atoms with E-state index >= 15 is 0 Å². The zero-order valence-corrected chi connectivity index (χ0v) is 19.1. The van der Waals surface area contributed by atoms with Gasteiger partial charge in [0, 0.05) is 24.8 Å². The van der Waals surface area contributed by atoms with Crippen molar-refractivity contribution in [3.63, 3.8) is 0 Å². The summed E-state index contributed by atoms with van der Waals surface area (Å²) in [5.41, 5.74) is -0.289. The number of carbonyl (C=O) groups is 3. The molecule has 1 fully saturated rings. The third-order valence-corrected chi connectivity index (χ3v) is 7.92. The van der Waals surface area contributed by atoms with Crippen LogP contribution in [0.1, 0.15) is 45.5 Å². The smallest absolute Gasteiger partial charge is 0.282 e. The van der Waals surface area contributed by atoms with Gasteiger partial charge in [0.25, 0.3) is 17.5 Å². The number of hydrogen-bond acceptors (Lipinski definition) is 7. The van der Waals surface area contributed by atoms with E-state index in [1.807, 2.05) is 0 Å². The molecule has 0 unspecified atom stereocenters. The van der Waals surface area contributed by atoms with E-state index in [9.17, 15) is 32.9 Å². The largest absolute Gasteiger partial charge is 0.324 e. The molecule has 0 bridgehead atoms. The van der Waals surface area contributed by atoms with Crippen LogP contribution in [0.15, 0.2) is 41.3 Å². The molecule has 4 rings (SSSR count). The molecule has 1 N–H and O–H groups in total. The van der Waals surface area contributed by atoms with E-state index in [-0.39, 0.29) is 21.7 Å². The van der Waals surface area contributed by atoms with Crippen LogP contribution < -0.4 is 5.32 Å². The highest BCUT2D eigenvalue weighted by Crippen LogP contribution is 2.31. The van der Waals surface area contributed by atoms with Crippen LogP contribution in [0.3, 0.4) is 0 Å². The number of rotatable bonds is 6. The van der Waals surface area contributed by atoms with Gasteiger partial charge < -0.3 is 5.32 Å². The molecule has 0 aromatic heterocycles. The second kappa shape index (κ2) is 8.95. The Morgan fingerprint density at radius 3 is 2.47 bits per heavy atom. The van der Waals surface area contributed by atoms with Crippen LogP contribution in [0.4, 0.5) is 11.4 Å². The summed E-state index contributed by atoms with van der Waals surface area (Å²) in [4.78, 5) is 49.1. The highest BCUT2D eigenvalue weighted by Gasteiger charge is 2.41. The lowest BCUT2D eigenvalue weighted by atomic mass is 10.1. The lowest BCUT2D eigenvalue weighted by Gasteiger charge is -2.26. The summed E-state index contributed by atoms with van der Waals surface area (Å²) in [5, 5.41) is 13.7. The number of benzene rings is 2. The highest BCUT2D eigenvalue weighted by molar-refractivity contribution is 7.89. The first kappa shape index (κ1) is 23.5. The van der Waals surface area contributed by atoms with Crippen LogP contribution in [0, 0.1) is 17.0 Å². The zero-order chi connectivity index (χ0) is 24.6. The van der Waals surface area contributed by atoms with Gasteiger partial charge >= 0.3 is 0 Å². The van der Waals surface area contributed by atoms with Crippen molar-refractivity contribution >= 4 is 39.1 Å². The Morgan fingerprint density at radius 2 is 1.79 bits per heavy atom. The van der Waals surface area contributed by atoms with E-state index in [0.29, 0.717) is 23.6 Å². The van der Waals surface area contributed by atoms with Gasteiger partial charge in [0.05, 0.1) is 15.4 Å². The van der Waals surface area contributed by atoms with Gasteiger partial charge in [-0.05, 0) is 43.5 Å². The Labute approximate surface area is 195 Å². The summed E-state index contributed by atoms with van der Waals surface area (Å²) in [5.74, 6) is -2.49. The van der Waals surface area contributed by atoms with Gasteiger partial charge in [-0.1, -0.05) is 18.6 Å². The molecule has 0 radical (unpaired) electrons. The van der Waals surface area contributed by atoms with Crippen molar-refractivity contribution in [2.24, 2.45) is 0 Å². The van der Waals surface area contributed by atoms with Crippen LogP contribution in [-0.4, -0.2) is 59.9 Å². The summed E-state index contributed by atoms with van der Waals surface area (Å²) in [7, 11) is -3.74. The Kier molecular flexibility index (Phi) is 6.19. The second-order valence-corrected chi connectivity index (χ2v) is 10.1. The summed E-state index contributed by atoms with van der Waals surface area (Å²) < 4.78 is 27.6. The maximum absolute atomic E-state index is 13.1. The average molecular weight is 487 g/mol. The maximum Gasteiger partial charge on any atom is 0.282 e. The molecule has 1 saturated heterocycles. The number of carbonyl (C=O) groups excluding carboxylic acids is 3. The van der Waals surface area contributed by atoms with Gasteiger partial charge in [-0.2, -0.15) is 4.31 Å². The molecular formula is C22H22N4O7S. The van der Waals surface area contributed by atoms with Crippen molar-refractivity contribution < 1.29 is 27.7 Å². The van der Waals surface area contributed by atoms with E-state index in [2.05, 4.69) is 5.32 Å². The van der Waals surface area contributed by atoms with Crippen LogP contribution in [0.2, 0.25) is 0 Å². The van der Waals surface area contributed by atoms with Gasteiger partial charge in [-0.25, -0.2) is 8.42 Å². The van der Waals surface area contributed by atoms with Crippen molar-refractivity contribution in [3.05, 3.63) is 63.2 Å². The molecule has 34 heavy (non-hydrogen) atoms. The third-order valence-electron chi connectivity index (χ3n) is 5.88. The number of piperidine rings is 1. The van der Waals surface area contributed by atoms with Gasteiger partial charge in [0.1, 0.15) is 12.1 Å². The minimum atomic E-state index is -3.74. The molecule has 2 aliphatic rings. The molecule has 178 valence electrons. The normalized spacial score (nSPS) is 16.4. The Balaban J connectivity index is 1.52. The number of hydrogen-bond donors (Lipinski definition) is 1. The summed E-state index contributed by atoms with van der Waals surface area (Å²) in [6, 6.07) is 8.14. The topological polar surface area (TPSA) is 147 Å². The van der Waals surface area contributed by atoms with Gasteiger partial charge in [-0.15, -0.1) is 0 Å². The van der Waals surface area contributed by atoms with E-state index in [4.69, 9.17) is 0 Å². The van der Waals surface area contributed by atoms with Crippen LogP contribution in [0.25, 0.3) is 0 Å². The molecule has 12 heteroatoms. The lowest BCUT2D eigenvalue weighted by molar-refractivity contribution is -0.385. The van der Waals surface area contributed by atoms with Crippen LogP contribution in [0.5, 0.6) is 0 Å². The van der Waals surface area contributed by atoms with E-state index < -0.39 is 44.9 Å². The quantitative estimate of drug-likeness (QED) is 0.374. The summed E-state index contributed by atoms with van der Waals surface area (Å²) >= 11 is 0. The number of nitro benzene ring substituents is 1. The SMILES string of the molecule is Cc1ccc(NC(=O)CN2C(=O)c3cccc([N+](=O)[O-])c3C2=O)cc1S(=O)(=O)N1CCCCC1. The average Bonchev–Trinajstić information content (AvgIpc) is 3.05. The Morgan fingerprint density at radius 1 is 1.09 bits per heavy atom. The minimum absolute atomic E-state index is 0.0727. The van der Waals surface area contributed by atoms with Gasteiger partial charge in [-0.3, -0.25) is 29.4 Å². The van der Waals surface area contributed by atoms with Crippen molar-refractivity contribution in [2.75, 3.05) is 25.0 Å². The van der Waals surface area contributed by atoms with Crippen molar-refractivity contribution in [1.82, 2.24) is 9.21 Å². The first-order valence-electron chi connectivity index (χ1n) is 10.7. The van der Waals surface area contributed by atoms with Crippen molar-refractivity contribution in [3.8, 4) is 0 Å². The third kappa shape index (κ3) is 4.17. The first-order valence-corrected chi connectivity index (χ1v) is 12.1. The number of imide groups is 1. The number of sulfonamides is 1. The van der Waals surface area contributed by atoms with E-state index in [1.165, 1.54) is 28.6 Å². The molecule has 0 atom stereocenters. The fourth-order valence-corrected chi connectivity index (χ4v) is 5.92.